The molecule has 7 nitrogen and oxygen atoms in total. The van der Waals surface area contributed by atoms with E-state index in [1.165, 1.54) is 0 Å². The number of benzene rings is 2. The summed E-state index contributed by atoms with van der Waals surface area (Å²) < 4.78 is 5.62. The van der Waals surface area contributed by atoms with E-state index in [2.05, 4.69) is 15.5 Å². The van der Waals surface area contributed by atoms with Gasteiger partial charge in [-0.15, -0.1) is 10.2 Å². The van der Waals surface area contributed by atoms with E-state index in [-0.39, 0.29) is 18.2 Å². The second-order valence-electron chi connectivity index (χ2n) is 6.99. The Balaban J connectivity index is 1.28. The predicted molar refractivity (Wildman–Crippen MR) is 108 cm³/mol. The molecule has 2 amide bonds. The minimum absolute atomic E-state index is 0.0472. The van der Waals surface area contributed by atoms with Crippen LogP contribution in [0.15, 0.2) is 59.0 Å². The normalized spacial score (nSPS) is 13.4. The summed E-state index contributed by atoms with van der Waals surface area (Å²) in [5, 5.41) is 10.9. The number of nitrogens with zero attached hydrogens (tertiary/aromatic N) is 3. The molecule has 0 radical (unpaired) electrons. The van der Waals surface area contributed by atoms with Crippen LogP contribution >= 0.6 is 0 Å². The zero-order valence-electron chi connectivity index (χ0n) is 16.0. The number of nitrogens with one attached hydrogen (secondary N) is 1. The molecule has 0 spiro atoms. The molecule has 1 fully saturated rings. The standard InChI is InChI=1S/C22H22N4O3/c27-19(12-13-20-24-25-21(29-20)16-6-2-1-3-7-16)23-18-10-8-17(9-11-18)22(28)26-14-4-5-15-26/h1-3,6-11H,4-5,12-15H2,(H,23,27). The summed E-state index contributed by atoms with van der Waals surface area (Å²) in [6.45, 7) is 1.64. The first kappa shape index (κ1) is 18.9. The molecule has 1 aromatic heterocycles. The van der Waals surface area contributed by atoms with E-state index in [9.17, 15) is 9.59 Å². The van der Waals surface area contributed by atoms with Crippen LogP contribution in [0.3, 0.4) is 0 Å². The molecular formula is C22H22N4O3. The van der Waals surface area contributed by atoms with Crippen LogP contribution in [0.1, 0.15) is 35.5 Å². The van der Waals surface area contributed by atoms with Crippen LogP contribution in [0, 0.1) is 0 Å². The Kier molecular flexibility index (Phi) is 5.65. The zero-order chi connectivity index (χ0) is 20.1. The van der Waals surface area contributed by atoms with Gasteiger partial charge in [0, 0.05) is 42.7 Å². The van der Waals surface area contributed by atoms with Gasteiger partial charge in [-0.1, -0.05) is 18.2 Å². The average Bonchev–Trinajstić information content (AvgIpc) is 3.45. The minimum Gasteiger partial charge on any atom is -0.421 e. The lowest BCUT2D eigenvalue weighted by Gasteiger charge is -2.15. The molecule has 2 heterocycles. The maximum Gasteiger partial charge on any atom is 0.253 e. The summed E-state index contributed by atoms with van der Waals surface area (Å²) in [5.41, 5.74) is 2.15. The van der Waals surface area contributed by atoms with Crippen LogP contribution in [-0.4, -0.2) is 40.0 Å². The van der Waals surface area contributed by atoms with Gasteiger partial charge in [-0.05, 0) is 49.2 Å². The average molecular weight is 390 g/mol. The highest BCUT2D eigenvalue weighted by Crippen LogP contribution is 2.18. The van der Waals surface area contributed by atoms with Crippen molar-refractivity contribution in [1.29, 1.82) is 0 Å². The third-order valence-electron chi connectivity index (χ3n) is 4.86. The van der Waals surface area contributed by atoms with Gasteiger partial charge in [0.1, 0.15) is 0 Å². The number of likely N-dealkylation sites (tertiary alicyclic amines) is 1. The summed E-state index contributed by atoms with van der Waals surface area (Å²) in [6.07, 6.45) is 2.71. The van der Waals surface area contributed by atoms with Gasteiger partial charge < -0.3 is 14.6 Å². The highest BCUT2D eigenvalue weighted by molar-refractivity contribution is 5.96. The van der Waals surface area contributed by atoms with E-state index in [0.29, 0.717) is 29.5 Å². The lowest BCUT2D eigenvalue weighted by atomic mass is 10.1. The molecule has 1 aliphatic heterocycles. The van der Waals surface area contributed by atoms with Crippen LogP contribution in [0.5, 0.6) is 0 Å². The maximum absolute atomic E-state index is 12.4. The largest absolute Gasteiger partial charge is 0.421 e. The van der Waals surface area contributed by atoms with Crippen molar-refractivity contribution in [3.8, 4) is 11.5 Å². The van der Waals surface area contributed by atoms with Gasteiger partial charge in [-0.3, -0.25) is 9.59 Å². The zero-order valence-corrected chi connectivity index (χ0v) is 16.0. The van der Waals surface area contributed by atoms with Crippen molar-refractivity contribution in [3.63, 3.8) is 0 Å². The molecule has 0 atom stereocenters. The summed E-state index contributed by atoms with van der Waals surface area (Å²) in [6, 6.07) is 16.5. The van der Waals surface area contributed by atoms with Gasteiger partial charge >= 0.3 is 0 Å². The first-order chi connectivity index (χ1) is 14.2. The number of carbonyl (C=O) groups excluding carboxylic acids is 2. The molecule has 1 saturated heterocycles. The molecule has 7 heteroatoms. The van der Waals surface area contributed by atoms with Crippen molar-refractivity contribution in [2.45, 2.75) is 25.7 Å². The molecule has 0 unspecified atom stereocenters. The molecule has 0 aliphatic carbocycles. The Morgan fingerprint density at radius 2 is 1.69 bits per heavy atom. The van der Waals surface area contributed by atoms with E-state index in [1.807, 2.05) is 35.2 Å². The van der Waals surface area contributed by atoms with Crippen molar-refractivity contribution in [2.24, 2.45) is 0 Å². The minimum atomic E-state index is -0.150. The summed E-state index contributed by atoms with van der Waals surface area (Å²) in [4.78, 5) is 26.4. The van der Waals surface area contributed by atoms with E-state index >= 15 is 0 Å². The SMILES string of the molecule is O=C(CCc1nnc(-c2ccccc2)o1)Nc1ccc(C(=O)N2CCCC2)cc1. The topological polar surface area (TPSA) is 88.3 Å². The predicted octanol–water partition coefficient (Wildman–Crippen LogP) is 3.54. The Labute approximate surface area is 168 Å². The highest BCUT2D eigenvalue weighted by atomic mass is 16.4. The van der Waals surface area contributed by atoms with E-state index < -0.39 is 0 Å². The fraction of sp³-hybridized carbons (Fsp3) is 0.273. The van der Waals surface area contributed by atoms with Crippen LogP contribution in [-0.2, 0) is 11.2 Å². The number of hydrogen-bond donors (Lipinski definition) is 1. The summed E-state index contributed by atoms with van der Waals surface area (Å²) in [5.74, 6) is 0.763. The van der Waals surface area contributed by atoms with Crippen LogP contribution < -0.4 is 5.32 Å². The summed E-state index contributed by atoms with van der Waals surface area (Å²) >= 11 is 0. The first-order valence-electron chi connectivity index (χ1n) is 9.76. The third-order valence-corrected chi connectivity index (χ3v) is 4.86. The molecule has 29 heavy (non-hydrogen) atoms. The number of amides is 2. The molecule has 1 N–H and O–H groups in total. The van der Waals surface area contributed by atoms with Crippen LogP contribution in [0.25, 0.3) is 11.5 Å². The van der Waals surface area contributed by atoms with Gasteiger partial charge in [0.05, 0.1) is 0 Å². The Morgan fingerprint density at radius 3 is 2.41 bits per heavy atom. The molecule has 2 aromatic carbocycles. The van der Waals surface area contributed by atoms with Gasteiger partial charge in [-0.2, -0.15) is 0 Å². The van der Waals surface area contributed by atoms with Crippen molar-refractivity contribution in [3.05, 3.63) is 66.1 Å². The van der Waals surface area contributed by atoms with Crippen LogP contribution in [0.2, 0.25) is 0 Å². The number of aromatic nitrogens is 2. The highest BCUT2D eigenvalue weighted by Gasteiger charge is 2.19. The van der Waals surface area contributed by atoms with Gasteiger partial charge in [0.2, 0.25) is 17.7 Å². The fourth-order valence-electron chi connectivity index (χ4n) is 3.29. The number of carbonyl (C=O) groups is 2. The first-order valence-corrected chi connectivity index (χ1v) is 9.76. The lowest BCUT2D eigenvalue weighted by molar-refractivity contribution is -0.116. The fourth-order valence-corrected chi connectivity index (χ4v) is 3.29. The summed E-state index contributed by atoms with van der Waals surface area (Å²) in [7, 11) is 0. The van der Waals surface area contributed by atoms with E-state index in [1.54, 1.807) is 24.3 Å². The van der Waals surface area contributed by atoms with Crippen molar-refractivity contribution in [1.82, 2.24) is 15.1 Å². The second kappa shape index (κ2) is 8.68. The number of hydrogen-bond acceptors (Lipinski definition) is 5. The molecule has 0 bridgehead atoms. The molecule has 1 aliphatic rings. The Morgan fingerprint density at radius 1 is 0.966 bits per heavy atom. The van der Waals surface area contributed by atoms with Crippen molar-refractivity contribution >= 4 is 17.5 Å². The molecular weight excluding hydrogens is 368 g/mol. The quantitative estimate of drug-likeness (QED) is 0.695. The van der Waals surface area contributed by atoms with Gasteiger partial charge in [-0.25, -0.2) is 0 Å². The molecule has 148 valence electrons. The Bertz CT molecular complexity index is 977. The lowest BCUT2D eigenvalue weighted by Crippen LogP contribution is -2.27. The van der Waals surface area contributed by atoms with E-state index in [0.717, 1.165) is 31.5 Å². The monoisotopic (exact) mass is 390 g/mol. The van der Waals surface area contributed by atoms with Gasteiger partial charge in [0.15, 0.2) is 0 Å². The third kappa shape index (κ3) is 4.68. The number of anilines is 1. The van der Waals surface area contributed by atoms with Crippen molar-refractivity contribution < 1.29 is 14.0 Å². The van der Waals surface area contributed by atoms with Crippen molar-refractivity contribution in [2.75, 3.05) is 18.4 Å². The smallest absolute Gasteiger partial charge is 0.253 e. The molecule has 4 rings (SSSR count). The number of rotatable bonds is 6. The molecule has 0 saturated carbocycles. The second-order valence-corrected chi connectivity index (χ2v) is 6.99. The van der Waals surface area contributed by atoms with Gasteiger partial charge in [0.25, 0.3) is 5.91 Å². The van der Waals surface area contributed by atoms with E-state index in [4.69, 9.17) is 4.42 Å². The maximum atomic E-state index is 12.4. The van der Waals surface area contributed by atoms with Crippen LogP contribution in [0.4, 0.5) is 5.69 Å². The number of aryl methyl sites for hydroxylation is 1. The Hall–Kier alpha value is -3.48. The molecule has 3 aromatic rings.